The van der Waals surface area contributed by atoms with E-state index in [4.69, 9.17) is 0 Å². The van der Waals surface area contributed by atoms with Crippen molar-refractivity contribution in [2.75, 3.05) is 5.32 Å². The number of rotatable bonds is 12. The summed E-state index contributed by atoms with van der Waals surface area (Å²) in [7, 11) is -3.97. The third kappa shape index (κ3) is 8.51. The van der Waals surface area contributed by atoms with Crippen molar-refractivity contribution in [3.8, 4) is 22.3 Å². The first-order valence-corrected chi connectivity index (χ1v) is 17.6. The van der Waals surface area contributed by atoms with Crippen LogP contribution in [0, 0.1) is 0 Å². The molecule has 1 amide bonds. The Morgan fingerprint density at radius 1 is 0.712 bits per heavy atom. The lowest BCUT2D eigenvalue weighted by molar-refractivity contribution is -0.138. The van der Waals surface area contributed by atoms with Crippen LogP contribution in [0.4, 0.5) is 18.9 Å². The molecule has 6 rings (SSSR count). The molecule has 1 heterocycles. The van der Waals surface area contributed by atoms with Crippen LogP contribution >= 0.6 is 0 Å². The number of pyridine rings is 1. The minimum absolute atomic E-state index is 0.0790. The maximum absolute atomic E-state index is 14.0. The van der Waals surface area contributed by atoms with Gasteiger partial charge in [-0.25, -0.2) is 8.42 Å². The number of halogens is 3. The van der Waals surface area contributed by atoms with E-state index in [-0.39, 0.29) is 23.5 Å². The Bertz CT molecular complexity index is 2280. The van der Waals surface area contributed by atoms with Crippen molar-refractivity contribution < 1.29 is 31.2 Å². The number of carbonyl (C=O) groups is 2. The van der Waals surface area contributed by atoms with Gasteiger partial charge in [0.05, 0.1) is 16.9 Å². The molecule has 0 fully saturated rings. The molecule has 262 valence electrons. The molecule has 0 aliphatic rings. The maximum Gasteiger partial charge on any atom is 0.416 e. The highest BCUT2D eigenvalue weighted by Crippen LogP contribution is 2.32. The third-order valence-corrected chi connectivity index (χ3v) is 10.3. The highest BCUT2D eigenvalue weighted by Gasteiger charge is 2.33. The highest BCUT2D eigenvalue weighted by atomic mass is 32.2. The van der Waals surface area contributed by atoms with Gasteiger partial charge in [-0.2, -0.15) is 17.5 Å². The Kier molecular flexibility index (Phi) is 10.7. The van der Waals surface area contributed by atoms with Gasteiger partial charge >= 0.3 is 6.18 Å². The largest absolute Gasteiger partial charge is 0.416 e. The molecule has 0 bridgehead atoms. The van der Waals surface area contributed by atoms with E-state index in [1.165, 1.54) is 22.5 Å². The number of anilines is 1. The normalized spacial score (nSPS) is 11.7. The zero-order chi connectivity index (χ0) is 36.7. The first-order chi connectivity index (χ1) is 25.0. The molecule has 52 heavy (non-hydrogen) atoms. The summed E-state index contributed by atoms with van der Waals surface area (Å²) in [5.41, 5.74) is 4.56. The number of carbonyl (C=O) groups excluding carboxylic acids is 2. The smallest absolute Gasteiger partial charge is 0.326 e. The third-order valence-electron chi connectivity index (χ3n) is 8.46. The van der Waals surface area contributed by atoms with E-state index in [1.54, 1.807) is 79.1 Å². The van der Waals surface area contributed by atoms with Crippen molar-refractivity contribution >= 4 is 27.9 Å². The van der Waals surface area contributed by atoms with Crippen LogP contribution in [0.15, 0.2) is 151 Å². The molecule has 5 aromatic carbocycles. The molecule has 0 radical (unpaired) electrons. The predicted molar refractivity (Wildman–Crippen MR) is 194 cm³/mol. The van der Waals surface area contributed by atoms with Gasteiger partial charge in [0.25, 0.3) is 0 Å². The van der Waals surface area contributed by atoms with E-state index in [0.29, 0.717) is 16.8 Å². The fraction of sp³-hybridized carbons (Fsp3) is 0.0976. The number of sulfonamides is 1. The zero-order valence-electron chi connectivity index (χ0n) is 27.6. The summed E-state index contributed by atoms with van der Waals surface area (Å²) >= 11 is 0. The standard InChI is InChI=1S/C41H32F3N3O4S/c42-41(43,44)39-10-4-2-7-34(39)24-40(49)46-36-19-15-32(16-20-36)31-13-11-29(12-14-31)26-47(27-30-6-5-23-45-25-30)52(50,51)37-21-17-33(18-22-37)38-9-3-1-8-35(38)28-48/h1-23,25,28H,24,26-27H2,(H,46,49). The van der Waals surface area contributed by atoms with Crippen LogP contribution in [0.2, 0.25) is 0 Å². The molecule has 0 unspecified atom stereocenters. The Labute approximate surface area is 299 Å². The first-order valence-electron chi connectivity index (χ1n) is 16.2. The van der Waals surface area contributed by atoms with E-state index in [1.807, 2.05) is 42.5 Å². The van der Waals surface area contributed by atoms with Crippen molar-refractivity contribution in [3.05, 3.63) is 174 Å². The molecular formula is C41H32F3N3O4S. The summed E-state index contributed by atoms with van der Waals surface area (Å²) in [5, 5.41) is 2.66. The first kappa shape index (κ1) is 35.9. The number of nitrogens with zero attached hydrogens (tertiary/aromatic N) is 2. The topological polar surface area (TPSA) is 96.4 Å². The maximum atomic E-state index is 14.0. The molecule has 1 N–H and O–H groups in total. The van der Waals surface area contributed by atoms with Crippen molar-refractivity contribution in [1.29, 1.82) is 0 Å². The molecule has 0 spiro atoms. The van der Waals surface area contributed by atoms with Gasteiger partial charge in [-0.1, -0.05) is 97.1 Å². The van der Waals surface area contributed by atoms with Crippen molar-refractivity contribution in [2.24, 2.45) is 0 Å². The number of aromatic nitrogens is 1. The fourth-order valence-electron chi connectivity index (χ4n) is 5.82. The fourth-order valence-corrected chi connectivity index (χ4v) is 7.24. The molecule has 0 atom stereocenters. The number of hydrogen-bond donors (Lipinski definition) is 1. The summed E-state index contributed by atoms with van der Waals surface area (Å²) in [6, 6.07) is 36.4. The van der Waals surface area contributed by atoms with Gasteiger partial charge in [0.1, 0.15) is 0 Å². The van der Waals surface area contributed by atoms with Crippen molar-refractivity contribution in [2.45, 2.75) is 30.6 Å². The van der Waals surface area contributed by atoms with Gasteiger partial charge in [0, 0.05) is 36.7 Å². The number of hydrogen-bond acceptors (Lipinski definition) is 5. The van der Waals surface area contributed by atoms with Crippen LogP contribution in [0.3, 0.4) is 0 Å². The summed E-state index contributed by atoms with van der Waals surface area (Å²) in [4.78, 5) is 28.4. The Morgan fingerprint density at radius 3 is 1.98 bits per heavy atom. The minimum Gasteiger partial charge on any atom is -0.326 e. The van der Waals surface area contributed by atoms with E-state index in [2.05, 4.69) is 10.3 Å². The van der Waals surface area contributed by atoms with Gasteiger partial charge in [0.2, 0.25) is 15.9 Å². The quantitative estimate of drug-likeness (QED) is 0.128. The second-order valence-electron chi connectivity index (χ2n) is 12.0. The van der Waals surface area contributed by atoms with Crippen molar-refractivity contribution in [1.82, 2.24) is 9.29 Å². The molecule has 1 aromatic heterocycles. The van der Waals surface area contributed by atoms with Gasteiger partial charge in [-0.05, 0) is 75.3 Å². The van der Waals surface area contributed by atoms with Crippen molar-refractivity contribution in [3.63, 3.8) is 0 Å². The number of alkyl halides is 3. The average Bonchev–Trinajstić information content (AvgIpc) is 3.15. The lowest BCUT2D eigenvalue weighted by atomic mass is 10.0. The van der Waals surface area contributed by atoms with Crippen LogP contribution < -0.4 is 5.32 Å². The lowest BCUT2D eigenvalue weighted by Gasteiger charge is -2.23. The Balaban J connectivity index is 1.16. The van der Waals surface area contributed by atoms with Crippen LogP contribution in [0.25, 0.3) is 22.3 Å². The van der Waals surface area contributed by atoms with Crippen LogP contribution in [0.5, 0.6) is 0 Å². The van der Waals surface area contributed by atoms with E-state index in [0.717, 1.165) is 40.2 Å². The minimum atomic E-state index is -4.56. The van der Waals surface area contributed by atoms with Crippen LogP contribution in [-0.2, 0) is 40.5 Å². The number of amides is 1. The second-order valence-corrected chi connectivity index (χ2v) is 14.0. The van der Waals surface area contributed by atoms with Gasteiger partial charge in [-0.3, -0.25) is 14.6 Å². The number of benzene rings is 5. The van der Waals surface area contributed by atoms with Gasteiger partial charge < -0.3 is 5.32 Å². The van der Waals surface area contributed by atoms with E-state index < -0.39 is 34.1 Å². The molecule has 0 aliphatic heterocycles. The van der Waals surface area contributed by atoms with Crippen LogP contribution in [0.1, 0.15) is 32.6 Å². The zero-order valence-corrected chi connectivity index (χ0v) is 28.4. The Hall–Kier alpha value is -5.91. The molecule has 0 saturated carbocycles. The summed E-state index contributed by atoms with van der Waals surface area (Å²) in [6.07, 6.45) is -0.967. The van der Waals surface area contributed by atoms with Crippen LogP contribution in [-0.4, -0.2) is 29.9 Å². The average molecular weight is 720 g/mol. The predicted octanol–water partition coefficient (Wildman–Crippen LogP) is 8.82. The Morgan fingerprint density at radius 2 is 1.33 bits per heavy atom. The summed E-state index contributed by atoms with van der Waals surface area (Å²) in [6.45, 7) is 0.165. The molecule has 0 saturated heterocycles. The molecule has 0 aliphatic carbocycles. The molecule has 7 nitrogen and oxygen atoms in total. The van der Waals surface area contributed by atoms with E-state index >= 15 is 0 Å². The van der Waals surface area contributed by atoms with Gasteiger partial charge in [0.15, 0.2) is 6.29 Å². The number of aldehydes is 1. The monoisotopic (exact) mass is 719 g/mol. The summed E-state index contributed by atoms with van der Waals surface area (Å²) in [5.74, 6) is -0.571. The number of nitrogens with one attached hydrogen (secondary N) is 1. The molecular weight excluding hydrogens is 688 g/mol. The van der Waals surface area contributed by atoms with E-state index in [9.17, 15) is 31.2 Å². The lowest BCUT2D eigenvalue weighted by Crippen LogP contribution is -2.30. The summed E-state index contributed by atoms with van der Waals surface area (Å²) < 4.78 is 69.5. The molecule has 11 heteroatoms. The highest BCUT2D eigenvalue weighted by molar-refractivity contribution is 7.89. The van der Waals surface area contributed by atoms with Gasteiger partial charge in [-0.15, -0.1) is 0 Å². The SMILES string of the molecule is O=Cc1ccccc1-c1ccc(S(=O)(=O)N(Cc2ccc(-c3ccc(NC(=O)Cc4ccccc4C(F)(F)F)cc3)cc2)Cc2cccnc2)cc1. The molecule has 6 aromatic rings. The second kappa shape index (κ2) is 15.5.